The van der Waals surface area contributed by atoms with Gasteiger partial charge in [0, 0.05) is 42.7 Å². The number of piperidine rings is 1. The van der Waals surface area contributed by atoms with Gasteiger partial charge in [0.15, 0.2) is 11.5 Å². The molecular formula is C21H29ClN2O5. The Hall–Kier alpha value is -1.54. The van der Waals surface area contributed by atoms with Crippen molar-refractivity contribution in [2.24, 2.45) is 5.92 Å². The van der Waals surface area contributed by atoms with Gasteiger partial charge in [0.05, 0.1) is 17.8 Å². The van der Waals surface area contributed by atoms with Gasteiger partial charge in [0.25, 0.3) is 5.91 Å². The van der Waals surface area contributed by atoms with Gasteiger partial charge in [0.1, 0.15) is 13.2 Å². The molecule has 7 nitrogen and oxygen atoms in total. The third-order valence-corrected chi connectivity index (χ3v) is 6.45. The largest absolute Gasteiger partial charge is 0.486 e. The quantitative estimate of drug-likeness (QED) is 0.752. The Kier molecular flexibility index (Phi) is 6.49. The highest BCUT2D eigenvalue weighted by molar-refractivity contribution is 6.32. The van der Waals surface area contributed by atoms with Gasteiger partial charge in [0.2, 0.25) is 0 Å². The fourth-order valence-corrected chi connectivity index (χ4v) is 4.51. The van der Waals surface area contributed by atoms with E-state index in [1.165, 1.54) is 0 Å². The van der Waals surface area contributed by atoms with Crippen molar-refractivity contribution in [1.29, 1.82) is 0 Å². The second kappa shape index (κ2) is 9.08. The first-order valence-corrected chi connectivity index (χ1v) is 10.8. The van der Waals surface area contributed by atoms with Crippen molar-refractivity contribution in [3.63, 3.8) is 0 Å². The molecule has 3 aliphatic heterocycles. The first-order chi connectivity index (χ1) is 14.0. The highest BCUT2D eigenvalue weighted by Gasteiger charge is 2.31. The molecule has 3 atom stereocenters. The third kappa shape index (κ3) is 4.63. The van der Waals surface area contributed by atoms with Gasteiger partial charge < -0.3 is 24.6 Å². The molecule has 2 N–H and O–H groups in total. The number of fused-ring (bicyclic) bond motifs is 1. The van der Waals surface area contributed by atoms with Gasteiger partial charge in [-0.25, -0.2) is 0 Å². The molecule has 1 aromatic rings. The summed E-state index contributed by atoms with van der Waals surface area (Å²) in [7, 11) is 0. The second-order valence-electron chi connectivity index (χ2n) is 8.11. The number of nitrogens with one attached hydrogen (secondary N) is 1. The van der Waals surface area contributed by atoms with Crippen LogP contribution in [0.5, 0.6) is 11.5 Å². The van der Waals surface area contributed by atoms with Crippen molar-refractivity contribution < 1.29 is 24.1 Å². The number of β-amino-alcohol motifs (C(OH)–C–C–N with tert-alkyl or cyclic N) is 1. The van der Waals surface area contributed by atoms with E-state index in [1.807, 2.05) is 6.92 Å². The molecule has 3 unspecified atom stereocenters. The van der Waals surface area contributed by atoms with Crippen LogP contribution >= 0.6 is 11.6 Å². The minimum absolute atomic E-state index is 0.0219. The van der Waals surface area contributed by atoms with Gasteiger partial charge in [-0.15, -0.1) is 0 Å². The summed E-state index contributed by atoms with van der Waals surface area (Å²) >= 11 is 6.28. The molecule has 0 spiro atoms. The third-order valence-electron chi connectivity index (χ3n) is 6.06. The standard InChI is InChI=1S/C21H29ClN2O5/c1-13-17(22)9-16(20-19(13)28-7-8-29-20)21(26)23-10-14-4-5-24(12-18(14)25)11-15-3-2-6-27-15/h9,14-15,18,25H,2-8,10-12H2,1H3,(H,23,26). The van der Waals surface area contributed by atoms with Crippen LogP contribution in [0.3, 0.4) is 0 Å². The lowest BCUT2D eigenvalue weighted by atomic mass is 9.93. The summed E-state index contributed by atoms with van der Waals surface area (Å²) in [5.74, 6) is 0.746. The Bertz CT molecular complexity index is 753. The molecule has 0 bridgehead atoms. The molecule has 29 heavy (non-hydrogen) atoms. The lowest BCUT2D eigenvalue weighted by Crippen LogP contribution is -2.49. The lowest BCUT2D eigenvalue weighted by Gasteiger charge is -2.37. The molecule has 0 aromatic heterocycles. The van der Waals surface area contributed by atoms with E-state index in [9.17, 15) is 9.90 Å². The number of aliphatic hydroxyl groups is 1. The number of aliphatic hydroxyl groups excluding tert-OH is 1. The maximum atomic E-state index is 12.8. The predicted molar refractivity (Wildman–Crippen MR) is 109 cm³/mol. The molecule has 3 heterocycles. The molecule has 2 fully saturated rings. The van der Waals surface area contributed by atoms with E-state index in [0.717, 1.165) is 44.5 Å². The van der Waals surface area contributed by atoms with Gasteiger partial charge >= 0.3 is 0 Å². The van der Waals surface area contributed by atoms with Gasteiger partial charge in [-0.1, -0.05) is 11.6 Å². The Balaban J connectivity index is 1.34. The van der Waals surface area contributed by atoms with Crippen LogP contribution in [0.25, 0.3) is 0 Å². The summed E-state index contributed by atoms with van der Waals surface area (Å²) in [6.45, 7) is 6.33. The van der Waals surface area contributed by atoms with Crippen LogP contribution in [-0.2, 0) is 4.74 Å². The van der Waals surface area contributed by atoms with E-state index >= 15 is 0 Å². The van der Waals surface area contributed by atoms with Crippen LogP contribution in [-0.4, -0.2) is 74.1 Å². The van der Waals surface area contributed by atoms with E-state index in [4.69, 9.17) is 25.8 Å². The molecule has 2 saturated heterocycles. The Morgan fingerprint density at radius 2 is 2.07 bits per heavy atom. The van der Waals surface area contributed by atoms with Crippen LogP contribution in [0.15, 0.2) is 6.07 Å². The molecule has 1 amide bonds. The molecule has 8 heteroatoms. The van der Waals surface area contributed by atoms with Crippen molar-refractivity contribution in [1.82, 2.24) is 10.2 Å². The van der Waals surface area contributed by atoms with Crippen molar-refractivity contribution in [3.8, 4) is 11.5 Å². The van der Waals surface area contributed by atoms with Gasteiger partial charge in [-0.05, 0) is 38.8 Å². The maximum Gasteiger partial charge on any atom is 0.255 e. The lowest BCUT2D eigenvalue weighted by molar-refractivity contribution is -0.00192. The molecule has 4 rings (SSSR count). The minimum Gasteiger partial charge on any atom is -0.486 e. The number of likely N-dealkylation sites (tertiary alicyclic amines) is 1. The number of carbonyl (C=O) groups is 1. The number of carbonyl (C=O) groups excluding carboxylic acids is 1. The van der Waals surface area contributed by atoms with Crippen LogP contribution in [0, 0.1) is 12.8 Å². The number of nitrogens with zero attached hydrogens (tertiary/aromatic N) is 1. The van der Waals surface area contributed by atoms with Crippen molar-refractivity contribution in [2.75, 3.05) is 46.0 Å². The van der Waals surface area contributed by atoms with E-state index in [0.29, 0.717) is 48.4 Å². The van der Waals surface area contributed by atoms with E-state index in [2.05, 4.69) is 10.2 Å². The summed E-state index contributed by atoms with van der Waals surface area (Å²) in [4.78, 5) is 15.1. The number of amides is 1. The fourth-order valence-electron chi connectivity index (χ4n) is 4.32. The summed E-state index contributed by atoms with van der Waals surface area (Å²) in [6.07, 6.45) is 2.87. The second-order valence-corrected chi connectivity index (χ2v) is 8.51. The number of rotatable bonds is 5. The zero-order valence-corrected chi connectivity index (χ0v) is 17.5. The Morgan fingerprint density at radius 3 is 2.79 bits per heavy atom. The number of ether oxygens (including phenoxy) is 3. The molecule has 0 radical (unpaired) electrons. The normalized spacial score (nSPS) is 27.1. The molecule has 0 saturated carbocycles. The van der Waals surface area contributed by atoms with Crippen molar-refractivity contribution in [3.05, 3.63) is 22.2 Å². The minimum atomic E-state index is -0.472. The molecule has 3 aliphatic rings. The smallest absolute Gasteiger partial charge is 0.255 e. The summed E-state index contributed by atoms with van der Waals surface area (Å²) in [5, 5.41) is 14.0. The number of benzene rings is 1. The highest BCUT2D eigenvalue weighted by Crippen LogP contribution is 2.40. The van der Waals surface area contributed by atoms with E-state index in [1.54, 1.807) is 6.07 Å². The highest BCUT2D eigenvalue weighted by atomic mass is 35.5. The topological polar surface area (TPSA) is 80.3 Å². The number of hydrogen-bond donors (Lipinski definition) is 2. The van der Waals surface area contributed by atoms with Crippen molar-refractivity contribution in [2.45, 2.75) is 38.4 Å². The Morgan fingerprint density at radius 1 is 1.28 bits per heavy atom. The average molecular weight is 425 g/mol. The van der Waals surface area contributed by atoms with Crippen LogP contribution < -0.4 is 14.8 Å². The molecular weight excluding hydrogens is 396 g/mol. The van der Waals surface area contributed by atoms with Crippen LogP contribution in [0.2, 0.25) is 5.02 Å². The number of hydrogen-bond acceptors (Lipinski definition) is 6. The predicted octanol–water partition coefficient (Wildman–Crippen LogP) is 2.01. The molecule has 160 valence electrons. The maximum absolute atomic E-state index is 12.8. The van der Waals surface area contributed by atoms with Gasteiger partial charge in [-0.2, -0.15) is 0 Å². The SMILES string of the molecule is Cc1c(Cl)cc(C(=O)NCC2CCN(CC3CCCO3)CC2O)c2c1OCCO2. The number of halogens is 1. The van der Waals surface area contributed by atoms with E-state index in [-0.39, 0.29) is 17.9 Å². The van der Waals surface area contributed by atoms with Crippen LogP contribution in [0.4, 0.5) is 0 Å². The summed E-state index contributed by atoms with van der Waals surface area (Å²) in [6, 6.07) is 1.63. The van der Waals surface area contributed by atoms with E-state index < -0.39 is 6.10 Å². The van der Waals surface area contributed by atoms with Crippen LogP contribution in [0.1, 0.15) is 35.2 Å². The fraction of sp³-hybridized carbons (Fsp3) is 0.667. The summed E-state index contributed by atoms with van der Waals surface area (Å²) in [5.41, 5.74) is 1.15. The Labute approximate surface area is 176 Å². The zero-order chi connectivity index (χ0) is 20.4. The molecule has 0 aliphatic carbocycles. The zero-order valence-electron chi connectivity index (χ0n) is 16.8. The molecule has 1 aromatic carbocycles. The first kappa shape index (κ1) is 20.7. The average Bonchev–Trinajstić information content (AvgIpc) is 3.23. The summed E-state index contributed by atoms with van der Waals surface area (Å²) < 4.78 is 17.0. The monoisotopic (exact) mass is 424 g/mol. The first-order valence-electron chi connectivity index (χ1n) is 10.4. The van der Waals surface area contributed by atoms with Crippen molar-refractivity contribution >= 4 is 17.5 Å². The van der Waals surface area contributed by atoms with Gasteiger partial charge in [-0.3, -0.25) is 9.69 Å².